The maximum Gasteiger partial charge on any atom is 0.0772 e. The van der Waals surface area contributed by atoms with E-state index < -0.39 is 0 Å². The van der Waals surface area contributed by atoms with E-state index in [-0.39, 0.29) is 0 Å². The van der Waals surface area contributed by atoms with Gasteiger partial charge in [-0.3, -0.25) is 0 Å². The number of allylic oxidation sites excluding steroid dienone is 2. The van der Waals surface area contributed by atoms with Gasteiger partial charge in [-0.2, -0.15) is 0 Å². The molecule has 2 aromatic heterocycles. The number of nitrogens with zero attached hydrogens (tertiary/aromatic N) is 1. The molecule has 0 radical (unpaired) electrons. The van der Waals surface area contributed by atoms with E-state index in [0.717, 1.165) is 50.3 Å². The summed E-state index contributed by atoms with van der Waals surface area (Å²) in [5, 5.41) is 2.32. The van der Waals surface area contributed by atoms with Gasteiger partial charge in [-0.25, -0.2) is 4.99 Å². The second kappa shape index (κ2) is 12.1. The van der Waals surface area contributed by atoms with Crippen LogP contribution in [-0.4, -0.2) is 15.7 Å². The molecule has 3 heterocycles. The molecule has 0 fully saturated rings. The highest BCUT2D eigenvalue weighted by Gasteiger charge is 2.33. The van der Waals surface area contributed by atoms with Gasteiger partial charge in [0.15, 0.2) is 0 Å². The number of aromatic amines is 2. The Kier molecular flexibility index (Phi) is 7.89. The zero-order valence-electron chi connectivity index (χ0n) is 26.7. The standard InChI is InChI=1S/C41H45N3/c1-5-29-30(6-2)38(43-35(29)7-3)36(27-18-10-8-11-19-27)40-33-24-16-17-25-34(33)41(44-40)37(28-20-12-9-13-21-28)39-32-23-15-14-22-31(32)26(4)42-39/h8-13,18-21,42-43H,4-7,14-17,22-25H2,1-3H3/b39-37-,40-36-. The van der Waals surface area contributed by atoms with Crippen LogP contribution in [0.5, 0.6) is 0 Å². The van der Waals surface area contributed by atoms with Crippen LogP contribution in [0.4, 0.5) is 0 Å². The predicted molar refractivity (Wildman–Crippen MR) is 185 cm³/mol. The Hall–Kier alpha value is -4.11. The Morgan fingerprint density at radius 2 is 1.25 bits per heavy atom. The maximum atomic E-state index is 5.79. The Balaban J connectivity index is 1.59. The number of fused-ring (bicyclic) bond motifs is 1. The molecular weight excluding hydrogens is 534 g/mol. The van der Waals surface area contributed by atoms with Crippen LogP contribution in [0.2, 0.25) is 0 Å². The van der Waals surface area contributed by atoms with Gasteiger partial charge in [0, 0.05) is 22.2 Å². The second-order valence-corrected chi connectivity index (χ2v) is 12.6. The minimum atomic E-state index is 1.00. The van der Waals surface area contributed by atoms with Gasteiger partial charge in [0.05, 0.1) is 22.5 Å². The SMILES string of the molecule is C=c1[nH]/c(=C(C2=N/C(=C(/c3ccccc3)c3[nH]c(CC)c(CC)c3CC)C3=C2CCCC3)/c2ccccc2)c2c1CCCC2. The molecule has 0 unspecified atom stereocenters. The fourth-order valence-corrected chi connectivity index (χ4v) is 8.09. The van der Waals surface area contributed by atoms with Crippen LogP contribution in [0.15, 0.2) is 82.5 Å². The monoisotopic (exact) mass is 579 g/mol. The van der Waals surface area contributed by atoms with Gasteiger partial charge in [0.2, 0.25) is 0 Å². The summed E-state index contributed by atoms with van der Waals surface area (Å²) in [5.74, 6) is 0. The van der Waals surface area contributed by atoms with E-state index in [2.05, 4.69) is 98.0 Å². The molecule has 3 aliphatic rings. The zero-order valence-corrected chi connectivity index (χ0v) is 26.7. The fraction of sp³-hybridized carbons (Fsp3) is 0.341. The van der Waals surface area contributed by atoms with Crippen LogP contribution in [0.25, 0.3) is 17.7 Å². The molecule has 224 valence electrons. The van der Waals surface area contributed by atoms with Crippen LogP contribution in [0.3, 0.4) is 0 Å². The first-order valence-corrected chi connectivity index (χ1v) is 17.0. The van der Waals surface area contributed by atoms with Gasteiger partial charge in [-0.15, -0.1) is 0 Å². The zero-order chi connectivity index (χ0) is 30.2. The number of nitrogens with one attached hydrogen (secondary N) is 2. The highest BCUT2D eigenvalue weighted by Crippen LogP contribution is 2.45. The third kappa shape index (κ3) is 4.78. The number of aryl methyl sites for hydroxylation is 1. The topological polar surface area (TPSA) is 43.9 Å². The van der Waals surface area contributed by atoms with Gasteiger partial charge >= 0.3 is 0 Å². The van der Waals surface area contributed by atoms with Gasteiger partial charge < -0.3 is 9.97 Å². The fourth-order valence-electron chi connectivity index (χ4n) is 8.09. The Morgan fingerprint density at radius 3 is 1.89 bits per heavy atom. The summed E-state index contributed by atoms with van der Waals surface area (Å²) in [6.45, 7) is 11.3. The van der Waals surface area contributed by atoms with Crippen molar-refractivity contribution in [3.05, 3.63) is 133 Å². The van der Waals surface area contributed by atoms with Crippen LogP contribution in [0.1, 0.15) is 104 Å². The highest BCUT2D eigenvalue weighted by atomic mass is 14.8. The predicted octanol–water partition coefficient (Wildman–Crippen LogP) is 8.30. The third-order valence-electron chi connectivity index (χ3n) is 10.1. The number of H-pyrrole nitrogens is 2. The van der Waals surface area contributed by atoms with Crippen molar-refractivity contribution in [2.24, 2.45) is 4.99 Å². The molecule has 3 nitrogen and oxygen atoms in total. The second-order valence-electron chi connectivity index (χ2n) is 12.6. The van der Waals surface area contributed by atoms with Crippen molar-refractivity contribution in [1.29, 1.82) is 0 Å². The summed E-state index contributed by atoms with van der Waals surface area (Å²) < 4.78 is 0. The number of rotatable bonds is 7. The van der Waals surface area contributed by atoms with E-state index in [0.29, 0.717) is 0 Å². The minimum Gasteiger partial charge on any atom is -0.358 e. The molecule has 0 spiro atoms. The minimum absolute atomic E-state index is 1.00. The van der Waals surface area contributed by atoms with Gasteiger partial charge in [0.1, 0.15) is 0 Å². The number of aromatic nitrogens is 2. The molecule has 2 aliphatic carbocycles. The molecule has 3 heteroatoms. The summed E-state index contributed by atoms with van der Waals surface area (Å²) in [7, 11) is 0. The first kappa shape index (κ1) is 28.6. The molecule has 0 atom stereocenters. The van der Waals surface area contributed by atoms with Crippen molar-refractivity contribution in [2.45, 2.75) is 91.4 Å². The largest absolute Gasteiger partial charge is 0.358 e. The lowest BCUT2D eigenvalue weighted by molar-refractivity contribution is 0.685. The van der Waals surface area contributed by atoms with Gasteiger partial charge in [0.25, 0.3) is 0 Å². The van der Waals surface area contributed by atoms with Gasteiger partial charge in [-0.1, -0.05) is 88.0 Å². The van der Waals surface area contributed by atoms with Crippen LogP contribution in [0, 0.1) is 0 Å². The van der Waals surface area contributed by atoms with Crippen LogP contribution < -0.4 is 10.7 Å². The van der Waals surface area contributed by atoms with E-state index in [1.807, 2.05) is 0 Å². The average molecular weight is 580 g/mol. The summed E-state index contributed by atoms with van der Waals surface area (Å²) in [5.41, 5.74) is 18.7. The van der Waals surface area contributed by atoms with Crippen molar-refractivity contribution >= 4 is 23.4 Å². The summed E-state index contributed by atoms with van der Waals surface area (Å²) >= 11 is 0. The van der Waals surface area contributed by atoms with Crippen molar-refractivity contribution < 1.29 is 0 Å². The van der Waals surface area contributed by atoms with Crippen LogP contribution >= 0.6 is 0 Å². The summed E-state index contributed by atoms with van der Waals surface area (Å²) in [6, 6.07) is 22.0. The molecule has 1 aliphatic heterocycles. The van der Waals surface area contributed by atoms with Gasteiger partial charge in [-0.05, 0) is 115 Å². The van der Waals surface area contributed by atoms with Crippen molar-refractivity contribution in [2.75, 3.05) is 0 Å². The quantitative estimate of drug-likeness (QED) is 0.221. The normalized spacial score (nSPS) is 18.2. The number of hydrogen-bond donors (Lipinski definition) is 2. The van der Waals surface area contributed by atoms with Crippen molar-refractivity contribution in [1.82, 2.24) is 9.97 Å². The lowest BCUT2D eigenvalue weighted by Gasteiger charge is -2.19. The van der Waals surface area contributed by atoms with Crippen molar-refractivity contribution in [3.63, 3.8) is 0 Å². The van der Waals surface area contributed by atoms with Crippen LogP contribution in [-0.2, 0) is 32.1 Å². The van der Waals surface area contributed by atoms with E-state index >= 15 is 0 Å². The molecule has 0 saturated carbocycles. The first-order valence-electron chi connectivity index (χ1n) is 17.0. The molecule has 4 aromatic rings. The number of benzene rings is 2. The molecule has 0 saturated heterocycles. The molecule has 0 bridgehead atoms. The van der Waals surface area contributed by atoms with E-state index in [1.165, 1.54) is 110 Å². The molecule has 2 N–H and O–H groups in total. The van der Waals surface area contributed by atoms with E-state index in [9.17, 15) is 0 Å². The average Bonchev–Trinajstić information content (AvgIpc) is 3.74. The summed E-state index contributed by atoms with van der Waals surface area (Å²) in [4.78, 5) is 13.5. The Bertz CT molecular complexity index is 1910. The Labute approximate surface area is 262 Å². The lowest BCUT2D eigenvalue weighted by Crippen LogP contribution is -2.22. The molecular formula is C41H45N3. The molecule has 2 aromatic carbocycles. The lowest BCUT2D eigenvalue weighted by atomic mass is 9.83. The Morgan fingerprint density at radius 1 is 0.659 bits per heavy atom. The smallest absolute Gasteiger partial charge is 0.0772 e. The van der Waals surface area contributed by atoms with E-state index in [4.69, 9.17) is 4.99 Å². The number of hydrogen-bond acceptors (Lipinski definition) is 1. The molecule has 0 amide bonds. The summed E-state index contributed by atoms with van der Waals surface area (Å²) in [6.07, 6.45) is 12.3. The highest BCUT2D eigenvalue weighted by molar-refractivity contribution is 6.33. The molecule has 7 rings (SSSR count). The third-order valence-corrected chi connectivity index (χ3v) is 10.1. The number of aliphatic imine (C=N–C) groups is 1. The molecule has 44 heavy (non-hydrogen) atoms. The van der Waals surface area contributed by atoms with Crippen molar-refractivity contribution in [3.8, 4) is 0 Å². The maximum absolute atomic E-state index is 5.79. The van der Waals surface area contributed by atoms with E-state index in [1.54, 1.807) is 0 Å². The first-order chi connectivity index (χ1) is 21.6.